The zero-order valence-electron chi connectivity index (χ0n) is 21.4. The Morgan fingerprint density at radius 3 is 1.80 bits per heavy atom. The van der Waals surface area contributed by atoms with E-state index < -0.39 is 47.9 Å². The first kappa shape index (κ1) is 33.1. The topological polar surface area (TPSA) is 203 Å². The summed E-state index contributed by atoms with van der Waals surface area (Å²) in [5, 5.41) is 17.5. The molecule has 0 bridgehead atoms. The molecule has 11 nitrogen and oxygen atoms in total. The largest absolute Gasteiger partial charge is 0.480 e. The molecule has 0 fully saturated rings. The van der Waals surface area contributed by atoms with Gasteiger partial charge in [0.15, 0.2) is 0 Å². The van der Waals surface area contributed by atoms with Gasteiger partial charge in [-0.25, -0.2) is 4.79 Å². The highest BCUT2D eigenvalue weighted by Crippen LogP contribution is 2.09. The average Bonchev–Trinajstić information content (AvgIpc) is 2.79. The summed E-state index contributed by atoms with van der Waals surface area (Å²) in [5.74, 6) is -1.97. The van der Waals surface area contributed by atoms with Gasteiger partial charge in [0, 0.05) is 0 Å². The number of nitrogens with two attached hydrogens (primary N) is 3. The molecule has 0 aliphatic heterocycles. The third kappa shape index (κ3) is 15.0. The Morgan fingerprint density at radius 2 is 1.29 bits per heavy atom. The van der Waals surface area contributed by atoms with E-state index in [0.29, 0.717) is 57.4 Å². The number of unbranched alkanes of at least 4 members (excludes halogenated alkanes) is 2. The van der Waals surface area contributed by atoms with E-state index in [1.165, 1.54) is 11.8 Å². The minimum atomic E-state index is -1.14. The van der Waals surface area contributed by atoms with Gasteiger partial charge in [0.1, 0.15) is 18.1 Å². The zero-order valence-corrected chi connectivity index (χ0v) is 22.2. The number of rotatable bonds is 20. The number of carboxylic acid groups (broad SMARTS) is 1. The number of carbonyl (C=O) groups excluding carboxylic acids is 3. The molecule has 0 aliphatic carbocycles. The van der Waals surface area contributed by atoms with Crippen LogP contribution in [0.3, 0.4) is 0 Å². The third-order valence-electron chi connectivity index (χ3n) is 5.45. The quantitative estimate of drug-likeness (QED) is 0.107. The van der Waals surface area contributed by atoms with Crippen molar-refractivity contribution in [3.63, 3.8) is 0 Å². The van der Waals surface area contributed by atoms with Crippen LogP contribution in [0.4, 0.5) is 0 Å². The number of carbonyl (C=O) groups is 4. The molecular weight excluding hydrogens is 472 g/mol. The van der Waals surface area contributed by atoms with Gasteiger partial charge in [-0.15, -0.1) is 0 Å². The first-order valence-electron chi connectivity index (χ1n) is 12.4. The van der Waals surface area contributed by atoms with Crippen LogP contribution in [0.1, 0.15) is 65.2 Å². The molecule has 0 aromatic heterocycles. The van der Waals surface area contributed by atoms with Crippen LogP contribution in [0.2, 0.25) is 0 Å². The fourth-order valence-corrected chi connectivity index (χ4v) is 3.89. The summed E-state index contributed by atoms with van der Waals surface area (Å²) in [6.07, 6.45) is 5.94. The van der Waals surface area contributed by atoms with Crippen molar-refractivity contribution in [1.29, 1.82) is 0 Å². The van der Waals surface area contributed by atoms with Crippen LogP contribution in [0, 0.1) is 5.92 Å². The molecule has 10 N–H and O–H groups in total. The Hall–Kier alpha value is -1.89. The molecule has 0 saturated carbocycles. The molecule has 0 spiro atoms. The molecule has 0 heterocycles. The molecule has 35 heavy (non-hydrogen) atoms. The maximum atomic E-state index is 13.1. The Balaban J connectivity index is 5.34. The number of amides is 3. The molecule has 0 aliphatic rings. The van der Waals surface area contributed by atoms with E-state index in [9.17, 15) is 24.3 Å². The second-order valence-electron chi connectivity index (χ2n) is 9.11. The van der Waals surface area contributed by atoms with Crippen molar-refractivity contribution >= 4 is 35.5 Å². The van der Waals surface area contributed by atoms with Crippen LogP contribution >= 0.6 is 11.8 Å². The lowest BCUT2D eigenvalue weighted by atomic mass is 10.0. The summed E-state index contributed by atoms with van der Waals surface area (Å²) in [6, 6.07) is -3.63. The molecule has 4 atom stereocenters. The van der Waals surface area contributed by atoms with Gasteiger partial charge >= 0.3 is 5.97 Å². The number of aliphatic carboxylic acids is 1. The Bertz CT molecular complexity index is 652. The highest BCUT2D eigenvalue weighted by molar-refractivity contribution is 7.98. The fraction of sp³-hybridized carbons (Fsp3) is 0.826. The van der Waals surface area contributed by atoms with Crippen LogP contribution in [0.25, 0.3) is 0 Å². The van der Waals surface area contributed by atoms with E-state index in [1.54, 1.807) is 0 Å². The molecule has 0 saturated heterocycles. The lowest BCUT2D eigenvalue weighted by molar-refractivity contribution is -0.142. The summed E-state index contributed by atoms with van der Waals surface area (Å²) in [5.41, 5.74) is 16.9. The summed E-state index contributed by atoms with van der Waals surface area (Å²) in [7, 11) is 0. The van der Waals surface area contributed by atoms with E-state index in [2.05, 4.69) is 16.0 Å². The van der Waals surface area contributed by atoms with Gasteiger partial charge in [0.25, 0.3) is 0 Å². The Kier molecular flexibility index (Phi) is 18.3. The molecule has 0 aromatic carbocycles. The van der Waals surface area contributed by atoms with E-state index in [1.807, 2.05) is 20.1 Å². The minimum Gasteiger partial charge on any atom is -0.480 e. The van der Waals surface area contributed by atoms with Crippen molar-refractivity contribution in [3.05, 3.63) is 0 Å². The van der Waals surface area contributed by atoms with Crippen molar-refractivity contribution < 1.29 is 24.3 Å². The first-order chi connectivity index (χ1) is 16.6. The number of thioether (sulfide) groups is 1. The van der Waals surface area contributed by atoms with Gasteiger partial charge in [0.05, 0.1) is 6.04 Å². The highest BCUT2D eigenvalue weighted by atomic mass is 32.2. The Labute approximate surface area is 213 Å². The standard InChI is InChI=1S/C23H46N6O5S/c1-15(2)14-19(22(32)28-18(23(33)34)9-5-7-12-25)29-21(31)17(10-13-35-3)27-20(30)16(26)8-4-6-11-24/h15-19H,4-14,24-26H2,1-3H3,(H,27,30)(H,28,32)(H,29,31)(H,33,34). The van der Waals surface area contributed by atoms with Gasteiger partial charge in [-0.05, 0) is 76.0 Å². The summed E-state index contributed by atoms with van der Waals surface area (Å²) >= 11 is 1.53. The molecule has 204 valence electrons. The molecule has 0 radical (unpaired) electrons. The van der Waals surface area contributed by atoms with Crippen LogP contribution in [0.15, 0.2) is 0 Å². The molecular formula is C23H46N6O5S. The van der Waals surface area contributed by atoms with E-state index >= 15 is 0 Å². The molecule has 3 amide bonds. The molecule has 12 heteroatoms. The van der Waals surface area contributed by atoms with Crippen molar-refractivity contribution in [3.8, 4) is 0 Å². The lowest BCUT2D eigenvalue weighted by Crippen LogP contribution is -2.57. The number of nitrogens with one attached hydrogen (secondary N) is 3. The van der Waals surface area contributed by atoms with Crippen LogP contribution in [-0.2, 0) is 19.2 Å². The first-order valence-corrected chi connectivity index (χ1v) is 13.7. The average molecular weight is 519 g/mol. The van der Waals surface area contributed by atoms with Gasteiger partial charge in [-0.1, -0.05) is 20.3 Å². The van der Waals surface area contributed by atoms with Crippen molar-refractivity contribution in [2.75, 3.05) is 25.1 Å². The number of hydrogen-bond acceptors (Lipinski definition) is 8. The normalized spacial score (nSPS) is 14.6. The summed E-state index contributed by atoms with van der Waals surface area (Å²) in [6.45, 7) is 4.75. The van der Waals surface area contributed by atoms with Gasteiger partial charge < -0.3 is 38.3 Å². The predicted octanol–water partition coefficient (Wildman–Crippen LogP) is -0.0901. The van der Waals surface area contributed by atoms with Crippen molar-refractivity contribution in [2.24, 2.45) is 23.1 Å². The monoisotopic (exact) mass is 518 g/mol. The molecule has 0 aromatic rings. The zero-order chi connectivity index (χ0) is 26.8. The predicted molar refractivity (Wildman–Crippen MR) is 140 cm³/mol. The Morgan fingerprint density at radius 1 is 0.771 bits per heavy atom. The lowest BCUT2D eigenvalue weighted by Gasteiger charge is -2.26. The number of hydrogen-bond donors (Lipinski definition) is 7. The molecule has 0 rings (SSSR count). The van der Waals surface area contributed by atoms with Gasteiger partial charge in [-0.2, -0.15) is 11.8 Å². The van der Waals surface area contributed by atoms with Crippen LogP contribution in [-0.4, -0.2) is 78.1 Å². The van der Waals surface area contributed by atoms with Crippen molar-refractivity contribution in [1.82, 2.24) is 16.0 Å². The van der Waals surface area contributed by atoms with Gasteiger partial charge in [0.2, 0.25) is 17.7 Å². The summed E-state index contributed by atoms with van der Waals surface area (Å²) < 4.78 is 0. The SMILES string of the molecule is CSCCC(NC(=O)C(N)CCCCN)C(=O)NC(CC(C)C)C(=O)NC(CCCCN)C(=O)O. The minimum absolute atomic E-state index is 0.0572. The van der Waals surface area contributed by atoms with Crippen LogP contribution in [0.5, 0.6) is 0 Å². The summed E-state index contributed by atoms with van der Waals surface area (Å²) in [4.78, 5) is 50.2. The number of carboxylic acids is 1. The van der Waals surface area contributed by atoms with Gasteiger partial charge in [-0.3, -0.25) is 14.4 Å². The maximum absolute atomic E-state index is 13.1. The van der Waals surface area contributed by atoms with E-state index in [4.69, 9.17) is 17.2 Å². The van der Waals surface area contributed by atoms with E-state index in [-0.39, 0.29) is 12.3 Å². The van der Waals surface area contributed by atoms with Crippen LogP contribution < -0.4 is 33.2 Å². The smallest absolute Gasteiger partial charge is 0.326 e. The fourth-order valence-electron chi connectivity index (χ4n) is 3.42. The second kappa shape index (κ2) is 19.3. The third-order valence-corrected chi connectivity index (χ3v) is 6.10. The van der Waals surface area contributed by atoms with Crippen molar-refractivity contribution in [2.45, 2.75) is 89.4 Å². The molecule has 4 unspecified atom stereocenters. The second-order valence-corrected chi connectivity index (χ2v) is 10.1. The van der Waals surface area contributed by atoms with E-state index in [0.717, 1.165) is 6.42 Å². The maximum Gasteiger partial charge on any atom is 0.326 e. The highest BCUT2D eigenvalue weighted by Gasteiger charge is 2.30.